The molecule has 2 saturated heterocycles. The zero-order valence-electron chi connectivity index (χ0n) is 21.8. The lowest BCUT2D eigenvalue weighted by molar-refractivity contribution is -0.618. The zero-order valence-corrected chi connectivity index (χ0v) is 21.8. The van der Waals surface area contributed by atoms with E-state index >= 15 is 0 Å². The molecule has 1 aromatic carbocycles. The number of anilines is 2. The van der Waals surface area contributed by atoms with Crippen LogP contribution in [0.1, 0.15) is 62.8 Å². The van der Waals surface area contributed by atoms with Gasteiger partial charge >= 0.3 is 0 Å². The predicted octanol–water partition coefficient (Wildman–Crippen LogP) is 2.91. The van der Waals surface area contributed by atoms with Crippen molar-refractivity contribution in [2.45, 2.75) is 69.4 Å². The molecule has 8 nitrogen and oxygen atoms in total. The normalized spacial score (nSPS) is 25.7. The molecule has 4 N–H and O–H groups in total. The van der Waals surface area contributed by atoms with Crippen LogP contribution in [0.25, 0.3) is 0 Å². The molecular weight excluding hydrogens is 471 g/mol. The van der Waals surface area contributed by atoms with E-state index in [9.17, 15) is 14.3 Å². The van der Waals surface area contributed by atoms with Crippen molar-refractivity contribution >= 4 is 23.4 Å². The summed E-state index contributed by atoms with van der Waals surface area (Å²) >= 11 is 0. The molecule has 1 saturated carbocycles. The molecule has 2 aliphatic heterocycles. The number of carbonyl (C=O) groups is 1. The fraction of sp³-hybridized carbons (Fsp3) is 0.607. The molecule has 37 heavy (non-hydrogen) atoms. The van der Waals surface area contributed by atoms with Gasteiger partial charge in [0.2, 0.25) is 17.7 Å². The Hall–Kier alpha value is -2.62. The predicted molar refractivity (Wildman–Crippen MR) is 140 cm³/mol. The minimum Gasteiger partial charge on any atom is -0.393 e. The van der Waals surface area contributed by atoms with E-state index in [-0.39, 0.29) is 17.8 Å². The summed E-state index contributed by atoms with van der Waals surface area (Å²) in [6.07, 6.45) is 9.18. The van der Waals surface area contributed by atoms with Gasteiger partial charge in [0.1, 0.15) is 5.82 Å². The Morgan fingerprint density at radius 1 is 1.05 bits per heavy atom. The summed E-state index contributed by atoms with van der Waals surface area (Å²) in [7, 11) is 2.10. The minimum atomic E-state index is -0.282. The summed E-state index contributed by atoms with van der Waals surface area (Å²) < 4.78 is 13.3. The van der Waals surface area contributed by atoms with Gasteiger partial charge in [0.15, 0.2) is 0 Å². The maximum atomic E-state index is 13.3. The van der Waals surface area contributed by atoms with E-state index in [1.807, 2.05) is 6.20 Å². The third kappa shape index (κ3) is 6.64. The second-order valence-corrected chi connectivity index (χ2v) is 11.1. The summed E-state index contributed by atoms with van der Waals surface area (Å²) in [4.78, 5) is 27.0. The van der Waals surface area contributed by atoms with Crippen LogP contribution in [0.4, 0.5) is 21.8 Å². The van der Waals surface area contributed by atoms with Gasteiger partial charge in [-0.25, -0.2) is 9.37 Å². The highest BCUT2D eigenvalue weighted by Gasteiger charge is 2.33. The molecule has 1 aliphatic carbocycles. The number of piperidine rings is 2. The highest BCUT2D eigenvalue weighted by Crippen LogP contribution is 2.32. The van der Waals surface area contributed by atoms with Crippen molar-refractivity contribution in [2.75, 3.05) is 38.5 Å². The molecule has 1 aromatic heterocycles. The molecule has 2 aromatic rings. The average molecular weight is 512 g/mol. The van der Waals surface area contributed by atoms with Crippen molar-refractivity contribution in [1.82, 2.24) is 19.8 Å². The summed E-state index contributed by atoms with van der Waals surface area (Å²) in [5, 5.41) is 15.4. The molecule has 0 bridgehead atoms. The van der Waals surface area contributed by atoms with Crippen LogP contribution >= 0.6 is 0 Å². The lowest BCUT2D eigenvalue weighted by Gasteiger charge is -2.37. The Morgan fingerprint density at radius 3 is 2.49 bits per heavy atom. The second-order valence-electron chi connectivity index (χ2n) is 11.1. The summed E-state index contributed by atoms with van der Waals surface area (Å²) in [5.41, 5.74) is 1.88. The van der Waals surface area contributed by atoms with E-state index in [0.717, 1.165) is 94.6 Å². The van der Waals surface area contributed by atoms with Gasteiger partial charge in [-0.05, 0) is 82.3 Å². The SMILES string of the molecule is CN1CCC[C@H](C(=O)N2CCC(c3cnc(Nc4ccc(F)cc4)nc3[NH2+]C3CCC(O)CC3)CC2)C1. The number of amides is 1. The molecule has 3 heterocycles. The number of nitrogens with zero attached hydrogens (tertiary/aromatic N) is 4. The molecule has 5 rings (SSSR count). The van der Waals surface area contributed by atoms with Gasteiger partial charge in [0, 0.05) is 44.4 Å². The number of aliphatic hydroxyl groups excluding tert-OH is 1. The number of aliphatic hydroxyl groups is 1. The number of halogens is 1. The van der Waals surface area contributed by atoms with E-state index in [2.05, 4.69) is 32.5 Å². The number of nitrogens with two attached hydrogens (primary N) is 1. The molecule has 1 amide bonds. The van der Waals surface area contributed by atoms with E-state index in [1.165, 1.54) is 12.1 Å². The lowest BCUT2D eigenvalue weighted by Crippen LogP contribution is -2.85. The zero-order chi connectivity index (χ0) is 25.8. The van der Waals surface area contributed by atoms with Crippen LogP contribution < -0.4 is 10.6 Å². The first-order valence-electron chi connectivity index (χ1n) is 13.8. The number of carbonyl (C=O) groups excluding carboxylic acids is 1. The summed E-state index contributed by atoms with van der Waals surface area (Å²) in [5.74, 6) is 1.90. The fourth-order valence-corrected chi connectivity index (χ4v) is 6.10. The summed E-state index contributed by atoms with van der Waals surface area (Å²) in [6.45, 7) is 3.49. The van der Waals surface area contributed by atoms with Gasteiger partial charge in [0.25, 0.3) is 0 Å². The third-order valence-electron chi connectivity index (χ3n) is 8.30. The van der Waals surface area contributed by atoms with Crippen LogP contribution in [0.5, 0.6) is 0 Å². The second kappa shape index (κ2) is 11.8. The van der Waals surface area contributed by atoms with Gasteiger partial charge in [-0.2, -0.15) is 4.98 Å². The standard InChI is InChI=1S/C28H39FN6O2/c1-34-14-2-3-20(18-34)27(37)35-15-12-19(13-16-35)25-17-30-28(32-23-6-4-21(29)5-7-23)33-26(25)31-22-8-10-24(36)11-9-22/h4-7,17,19-20,22,24,36H,2-3,8-16,18H2,1H3,(H2,30,31,32,33)/p+1/t20-,22?,24?/m0/s1. The molecule has 1 atom stereocenters. The van der Waals surface area contributed by atoms with Crippen molar-refractivity contribution < 1.29 is 19.6 Å². The van der Waals surface area contributed by atoms with Gasteiger partial charge in [-0.3, -0.25) is 10.1 Å². The number of hydrogen-bond donors (Lipinski definition) is 3. The van der Waals surface area contributed by atoms with Crippen molar-refractivity contribution in [1.29, 1.82) is 0 Å². The molecule has 9 heteroatoms. The monoisotopic (exact) mass is 511 g/mol. The maximum absolute atomic E-state index is 13.3. The maximum Gasteiger partial charge on any atom is 0.232 e. The number of nitrogens with one attached hydrogen (secondary N) is 1. The van der Waals surface area contributed by atoms with Gasteiger partial charge < -0.3 is 20.2 Å². The number of rotatable bonds is 6. The van der Waals surface area contributed by atoms with Gasteiger partial charge in [-0.1, -0.05) is 0 Å². The van der Waals surface area contributed by atoms with Crippen molar-refractivity contribution in [3.63, 3.8) is 0 Å². The first-order valence-corrected chi connectivity index (χ1v) is 13.8. The van der Waals surface area contributed by atoms with Gasteiger partial charge in [0.05, 0.1) is 23.6 Å². The van der Waals surface area contributed by atoms with Gasteiger partial charge in [-0.15, -0.1) is 0 Å². The van der Waals surface area contributed by atoms with E-state index in [4.69, 9.17) is 4.98 Å². The van der Waals surface area contributed by atoms with Crippen molar-refractivity contribution in [2.24, 2.45) is 5.92 Å². The largest absolute Gasteiger partial charge is 0.393 e. The number of benzene rings is 1. The molecule has 0 radical (unpaired) electrons. The smallest absolute Gasteiger partial charge is 0.232 e. The van der Waals surface area contributed by atoms with Crippen LogP contribution in [0.15, 0.2) is 30.5 Å². The van der Waals surface area contributed by atoms with Crippen LogP contribution in [0, 0.1) is 11.7 Å². The van der Waals surface area contributed by atoms with E-state index < -0.39 is 0 Å². The number of likely N-dealkylation sites (tertiary alicyclic amines) is 2. The lowest BCUT2D eigenvalue weighted by atomic mass is 9.88. The quantitative estimate of drug-likeness (QED) is 0.552. The molecule has 0 spiro atoms. The topological polar surface area (TPSA) is 98.2 Å². The highest BCUT2D eigenvalue weighted by molar-refractivity contribution is 5.79. The van der Waals surface area contributed by atoms with Crippen LogP contribution in [-0.2, 0) is 4.79 Å². The van der Waals surface area contributed by atoms with E-state index in [0.29, 0.717) is 23.8 Å². The highest BCUT2D eigenvalue weighted by atomic mass is 19.1. The number of hydrogen-bond acceptors (Lipinski definition) is 6. The third-order valence-corrected chi connectivity index (χ3v) is 8.30. The van der Waals surface area contributed by atoms with Crippen molar-refractivity contribution in [3.05, 3.63) is 41.8 Å². The first kappa shape index (κ1) is 26.0. The van der Waals surface area contributed by atoms with Crippen LogP contribution in [0.3, 0.4) is 0 Å². The molecule has 3 aliphatic rings. The number of aromatic nitrogens is 2. The summed E-state index contributed by atoms with van der Waals surface area (Å²) in [6, 6.07) is 6.56. The Morgan fingerprint density at radius 2 is 1.78 bits per heavy atom. The van der Waals surface area contributed by atoms with E-state index in [1.54, 1.807) is 12.1 Å². The molecule has 200 valence electrons. The Kier molecular flexibility index (Phi) is 8.32. The molecular formula is C28H40FN6O2+. The number of quaternary nitrogens is 1. The Bertz CT molecular complexity index is 1050. The van der Waals surface area contributed by atoms with Crippen molar-refractivity contribution in [3.8, 4) is 0 Å². The van der Waals surface area contributed by atoms with Crippen LogP contribution in [0.2, 0.25) is 0 Å². The Balaban J connectivity index is 1.28. The average Bonchev–Trinajstić information content (AvgIpc) is 2.91. The van der Waals surface area contributed by atoms with Crippen LogP contribution in [-0.4, -0.2) is 76.2 Å². The fourth-order valence-electron chi connectivity index (χ4n) is 6.10. The first-order chi connectivity index (χ1) is 17.9. The Labute approximate surface area is 218 Å². The molecule has 0 unspecified atom stereocenters. The molecule has 3 fully saturated rings. The minimum absolute atomic E-state index is 0.126.